The number of fused-ring (bicyclic) bond motifs is 5. The Bertz CT molecular complexity index is 728. The molecule has 140 valence electrons. The molecule has 0 radical (unpaired) electrons. The van der Waals surface area contributed by atoms with Gasteiger partial charge in [-0.05, 0) is 79.6 Å². The van der Waals surface area contributed by atoms with Crippen LogP contribution in [0, 0.1) is 46.3 Å². The zero-order chi connectivity index (χ0) is 18.7. The van der Waals surface area contributed by atoms with Crippen molar-refractivity contribution >= 4 is 11.8 Å². The maximum absolute atomic E-state index is 12.7. The van der Waals surface area contributed by atoms with E-state index in [0.29, 0.717) is 30.0 Å². The van der Waals surface area contributed by atoms with E-state index in [-0.39, 0.29) is 16.8 Å². The molecule has 3 heteroatoms. The molecule has 4 rings (SSSR count). The van der Waals surface area contributed by atoms with Crippen LogP contribution in [0.4, 0.5) is 0 Å². The van der Waals surface area contributed by atoms with Gasteiger partial charge in [-0.3, -0.25) is 9.59 Å². The number of ether oxygens (including phenoxy) is 1. The van der Waals surface area contributed by atoms with E-state index in [1.54, 1.807) is 0 Å². The molecule has 0 aliphatic heterocycles. The molecule has 3 fully saturated rings. The number of rotatable bonds is 1. The topological polar surface area (TPSA) is 43.4 Å². The average Bonchev–Trinajstić information content (AvgIpc) is 2.95. The van der Waals surface area contributed by atoms with Gasteiger partial charge < -0.3 is 4.74 Å². The van der Waals surface area contributed by atoms with E-state index in [2.05, 4.69) is 19.8 Å². The molecule has 6 atom stereocenters. The van der Waals surface area contributed by atoms with E-state index in [0.717, 1.165) is 44.9 Å². The minimum atomic E-state index is -0.767. The quantitative estimate of drug-likeness (QED) is 0.520. The van der Waals surface area contributed by atoms with Crippen molar-refractivity contribution < 1.29 is 14.3 Å². The van der Waals surface area contributed by atoms with Crippen LogP contribution in [-0.4, -0.2) is 18.9 Å². The Morgan fingerprint density at radius 3 is 2.58 bits per heavy atom. The van der Waals surface area contributed by atoms with Crippen molar-refractivity contribution in [1.82, 2.24) is 0 Å². The highest BCUT2D eigenvalue weighted by molar-refractivity contribution is 5.91. The van der Waals surface area contributed by atoms with Gasteiger partial charge in [0, 0.05) is 6.42 Å². The van der Waals surface area contributed by atoms with Gasteiger partial charge >= 0.3 is 5.97 Å². The average molecular weight is 354 g/mol. The van der Waals surface area contributed by atoms with Gasteiger partial charge in [-0.25, -0.2) is 0 Å². The van der Waals surface area contributed by atoms with Crippen molar-refractivity contribution in [3.63, 3.8) is 0 Å². The van der Waals surface area contributed by atoms with Crippen LogP contribution in [0.2, 0.25) is 0 Å². The molecule has 0 N–H and O–H groups in total. The molecule has 3 saturated carbocycles. The van der Waals surface area contributed by atoms with Crippen LogP contribution in [0.3, 0.4) is 0 Å². The van der Waals surface area contributed by atoms with Crippen molar-refractivity contribution in [3.8, 4) is 12.3 Å². The number of hydrogen-bond donors (Lipinski definition) is 0. The van der Waals surface area contributed by atoms with Gasteiger partial charge in [0.05, 0.1) is 7.11 Å². The first-order valence-corrected chi connectivity index (χ1v) is 10.1. The number of hydrogen-bond acceptors (Lipinski definition) is 3. The van der Waals surface area contributed by atoms with Crippen molar-refractivity contribution in [3.05, 3.63) is 11.6 Å². The number of ketones is 1. The molecular formula is C23H30O3. The Morgan fingerprint density at radius 2 is 1.88 bits per heavy atom. The molecule has 0 bridgehead atoms. The van der Waals surface area contributed by atoms with Gasteiger partial charge in [0.25, 0.3) is 0 Å². The van der Waals surface area contributed by atoms with Gasteiger partial charge in [-0.1, -0.05) is 25.3 Å². The second kappa shape index (κ2) is 5.72. The Balaban J connectivity index is 1.71. The fourth-order valence-electron chi connectivity index (χ4n) is 7.40. The molecule has 0 unspecified atom stereocenters. The van der Waals surface area contributed by atoms with Crippen LogP contribution in [0.25, 0.3) is 0 Å². The summed E-state index contributed by atoms with van der Waals surface area (Å²) in [7, 11) is 1.46. The summed E-state index contributed by atoms with van der Waals surface area (Å²) in [6, 6.07) is 0. The zero-order valence-electron chi connectivity index (χ0n) is 16.3. The maximum atomic E-state index is 12.7. The van der Waals surface area contributed by atoms with E-state index in [4.69, 9.17) is 11.2 Å². The van der Waals surface area contributed by atoms with E-state index in [1.165, 1.54) is 12.7 Å². The fourth-order valence-corrected chi connectivity index (χ4v) is 7.40. The summed E-state index contributed by atoms with van der Waals surface area (Å²) in [6.07, 6.45) is 15.6. The molecule has 4 aliphatic rings. The summed E-state index contributed by atoms with van der Waals surface area (Å²) in [4.78, 5) is 24.6. The summed E-state index contributed by atoms with van der Waals surface area (Å²) in [5.41, 5.74) is 0.604. The van der Waals surface area contributed by atoms with Crippen molar-refractivity contribution in [2.45, 2.75) is 65.2 Å². The molecule has 0 aromatic rings. The number of carbonyl (C=O) groups excluding carboxylic acids is 2. The summed E-state index contributed by atoms with van der Waals surface area (Å²) in [5, 5.41) is 0. The number of esters is 1. The van der Waals surface area contributed by atoms with Crippen molar-refractivity contribution in [2.24, 2.45) is 34.0 Å². The number of methoxy groups -OCH3 is 1. The monoisotopic (exact) mass is 354 g/mol. The maximum Gasteiger partial charge on any atom is 0.324 e. The first-order valence-electron chi connectivity index (χ1n) is 10.1. The van der Waals surface area contributed by atoms with Crippen LogP contribution in [0.15, 0.2) is 11.6 Å². The van der Waals surface area contributed by atoms with E-state index >= 15 is 0 Å². The highest BCUT2D eigenvalue weighted by atomic mass is 16.5. The summed E-state index contributed by atoms with van der Waals surface area (Å²) >= 11 is 0. The largest absolute Gasteiger partial charge is 0.468 e. The molecular weight excluding hydrogens is 324 g/mol. The molecule has 0 spiro atoms. The van der Waals surface area contributed by atoms with Gasteiger partial charge in [0.1, 0.15) is 5.41 Å². The lowest BCUT2D eigenvalue weighted by Crippen LogP contribution is -2.54. The molecule has 26 heavy (non-hydrogen) atoms. The van der Waals surface area contributed by atoms with Gasteiger partial charge in [0.15, 0.2) is 5.78 Å². The minimum absolute atomic E-state index is 0.158. The van der Waals surface area contributed by atoms with Crippen LogP contribution < -0.4 is 0 Å². The number of allylic oxidation sites excluding steroid dienone is 1. The third-order valence-electron chi connectivity index (χ3n) is 8.94. The van der Waals surface area contributed by atoms with E-state index in [1.807, 2.05) is 6.08 Å². The summed E-state index contributed by atoms with van der Waals surface area (Å²) in [6.45, 7) is 4.63. The Labute approximate surface area is 156 Å². The van der Waals surface area contributed by atoms with Crippen LogP contribution in [0.5, 0.6) is 0 Å². The van der Waals surface area contributed by atoms with Crippen molar-refractivity contribution in [2.75, 3.05) is 7.11 Å². The second-order valence-electron chi connectivity index (χ2n) is 9.50. The lowest BCUT2D eigenvalue weighted by atomic mass is 9.45. The Morgan fingerprint density at radius 1 is 1.15 bits per heavy atom. The van der Waals surface area contributed by atoms with Gasteiger partial charge in [0.2, 0.25) is 0 Å². The van der Waals surface area contributed by atoms with Gasteiger partial charge in [-0.2, -0.15) is 0 Å². The molecule has 0 saturated heterocycles. The lowest BCUT2D eigenvalue weighted by Gasteiger charge is -2.58. The summed E-state index contributed by atoms with van der Waals surface area (Å²) < 4.78 is 5.17. The normalized spacial score (nSPS) is 47.1. The van der Waals surface area contributed by atoms with Gasteiger partial charge in [-0.15, -0.1) is 6.42 Å². The van der Waals surface area contributed by atoms with Crippen LogP contribution in [0.1, 0.15) is 65.2 Å². The first-order chi connectivity index (χ1) is 12.3. The molecule has 4 aliphatic carbocycles. The SMILES string of the molecule is C#C[C@]1(C(=O)OC)CC[C@H]2[C@@H]3CCC4=CC(=O)CC[C@]4(C)[C@H]3CC[C@@]21C. The molecule has 3 nitrogen and oxygen atoms in total. The lowest BCUT2D eigenvalue weighted by molar-refractivity contribution is -0.160. The van der Waals surface area contributed by atoms with Crippen LogP contribution in [-0.2, 0) is 14.3 Å². The molecule has 0 amide bonds. The van der Waals surface area contributed by atoms with Crippen molar-refractivity contribution in [1.29, 1.82) is 0 Å². The highest BCUT2D eigenvalue weighted by Crippen LogP contribution is 2.69. The fraction of sp³-hybridized carbons (Fsp3) is 0.739. The minimum Gasteiger partial charge on any atom is -0.468 e. The Hall–Kier alpha value is -1.56. The molecule has 0 heterocycles. The van der Waals surface area contributed by atoms with Crippen LogP contribution >= 0.6 is 0 Å². The predicted octanol–water partition coefficient (Wildman–Crippen LogP) is 4.31. The van der Waals surface area contributed by atoms with E-state index in [9.17, 15) is 9.59 Å². The zero-order valence-corrected chi connectivity index (χ0v) is 16.3. The van der Waals surface area contributed by atoms with E-state index < -0.39 is 5.41 Å². The third kappa shape index (κ3) is 2.02. The molecule has 0 aromatic carbocycles. The Kier molecular flexibility index (Phi) is 3.92. The summed E-state index contributed by atoms with van der Waals surface area (Å²) in [5.74, 6) is 4.68. The number of terminal acetylenes is 1. The third-order valence-corrected chi connectivity index (χ3v) is 8.94. The number of carbonyl (C=O) groups is 2. The highest BCUT2D eigenvalue weighted by Gasteiger charge is 2.66. The molecule has 0 aromatic heterocycles. The standard InChI is InChI=1S/C23H30O3/c1-5-23(20(25)26-4)13-10-19-17-7-6-15-14-16(24)8-11-21(15,2)18(17)9-12-22(19,23)3/h1,14,17-19H,6-13H2,2-4H3/t17-,18+,19+,21+,22+,23-/m1/s1. The first kappa shape index (κ1) is 17.8. The predicted molar refractivity (Wildman–Crippen MR) is 100.0 cm³/mol. The second-order valence-corrected chi connectivity index (χ2v) is 9.50. The smallest absolute Gasteiger partial charge is 0.324 e.